The summed E-state index contributed by atoms with van der Waals surface area (Å²) in [5, 5.41) is 1.13. The average Bonchev–Trinajstić information content (AvgIpc) is 3.00. The van der Waals surface area contributed by atoms with Gasteiger partial charge in [-0.2, -0.15) is 0 Å². The number of ether oxygens (including phenoxy) is 1. The molecule has 1 unspecified atom stereocenters. The second kappa shape index (κ2) is 6.32. The molecule has 2 N–H and O–H groups in total. The summed E-state index contributed by atoms with van der Waals surface area (Å²) >= 11 is 0. The lowest BCUT2D eigenvalue weighted by atomic mass is 9.78. The van der Waals surface area contributed by atoms with Gasteiger partial charge in [-0.1, -0.05) is 38.1 Å². The van der Waals surface area contributed by atoms with Gasteiger partial charge < -0.3 is 14.4 Å². The molecule has 0 aliphatic carbocycles. The number of H-pyrrole nitrogens is 1. The summed E-state index contributed by atoms with van der Waals surface area (Å²) in [6.45, 7) is 4.41. The molecule has 0 aliphatic rings. The highest BCUT2D eigenvalue weighted by Crippen LogP contribution is 2.38. The van der Waals surface area contributed by atoms with E-state index in [1.54, 1.807) is 13.4 Å². The SMILES string of the molecule is COc1ccc(C(C)(C)c2c[nH]c3c(NS(C)=O)cccc23)cc1. The lowest BCUT2D eigenvalue weighted by molar-refractivity contribution is 0.414. The van der Waals surface area contributed by atoms with E-state index < -0.39 is 11.0 Å². The monoisotopic (exact) mass is 342 g/mol. The first-order valence-electron chi connectivity index (χ1n) is 7.78. The van der Waals surface area contributed by atoms with Crippen molar-refractivity contribution in [2.75, 3.05) is 18.1 Å². The Kier molecular flexibility index (Phi) is 4.37. The van der Waals surface area contributed by atoms with Gasteiger partial charge in [-0.25, -0.2) is 4.21 Å². The summed E-state index contributed by atoms with van der Waals surface area (Å²) in [6.07, 6.45) is 3.67. The van der Waals surface area contributed by atoms with Gasteiger partial charge in [-0.15, -0.1) is 0 Å². The largest absolute Gasteiger partial charge is 0.497 e. The molecule has 0 radical (unpaired) electrons. The van der Waals surface area contributed by atoms with Crippen LogP contribution in [0.15, 0.2) is 48.7 Å². The first-order chi connectivity index (χ1) is 11.4. The van der Waals surface area contributed by atoms with E-state index in [-0.39, 0.29) is 5.41 Å². The third-order valence-corrected chi connectivity index (χ3v) is 4.96. The molecule has 4 nitrogen and oxygen atoms in total. The van der Waals surface area contributed by atoms with Crippen LogP contribution in [-0.2, 0) is 16.4 Å². The Hall–Kier alpha value is -2.27. The molecule has 0 amide bonds. The Labute approximate surface area is 144 Å². The number of methoxy groups -OCH3 is 1. The highest BCUT2D eigenvalue weighted by Gasteiger charge is 2.26. The fourth-order valence-electron chi connectivity index (χ4n) is 3.07. The average molecular weight is 342 g/mol. The van der Waals surface area contributed by atoms with Gasteiger partial charge in [-0.3, -0.25) is 0 Å². The number of hydrogen-bond acceptors (Lipinski definition) is 2. The highest BCUT2D eigenvalue weighted by atomic mass is 32.2. The topological polar surface area (TPSA) is 54.1 Å². The first kappa shape index (κ1) is 16.6. The standard InChI is InChI=1S/C19H22N2O2S/c1-19(2,13-8-10-14(23-3)11-9-13)16-12-20-18-15(16)6-5-7-17(18)21-24(4)22/h5-12,20-21H,1-4H3. The molecule has 1 atom stereocenters. The molecule has 3 aromatic rings. The number of fused-ring (bicyclic) bond motifs is 1. The van der Waals surface area contributed by atoms with Gasteiger partial charge >= 0.3 is 0 Å². The van der Waals surface area contributed by atoms with Crippen LogP contribution in [0.2, 0.25) is 0 Å². The summed E-state index contributed by atoms with van der Waals surface area (Å²) in [7, 11) is 0.565. The van der Waals surface area contributed by atoms with Crippen molar-refractivity contribution >= 4 is 27.6 Å². The quantitative estimate of drug-likeness (QED) is 0.730. The molecule has 126 valence electrons. The Balaban J connectivity index is 2.08. The van der Waals surface area contributed by atoms with Gasteiger partial charge in [0.15, 0.2) is 0 Å². The van der Waals surface area contributed by atoms with Crippen LogP contribution >= 0.6 is 0 Å². The van der Waals surface area contributed by atoms with E-state index in [1.165, 1.54) is 11.1 Å². The van der Waals surface area contributed by atoms with Crippen LogP contribution in [0.3, 0.4) is 0 Å². The number of anilines is 1. The number of rotatable bonds is 5. The maximum Gasteiger partial charge on any atom is 0.118 e. The molecule has 0 spiro atoms. The fraction of sp³-hybridized carbons (Fsp3) is 0.263. The van der Waals surface area contributed by atoms with Gasteiger partial charge in [0.1, 0.15) is 16.7 Å². The van der Waals surface area contributed by atoms with Crippen molar-refractivity contribution in [3.63, 3.8) is 0 Å². The van der Waals surface area contributed by atoms with Crippen LogP contribution in [0, 0.1) is 0 Å². The molecule has 1 aromatic heterocycles. The molecule has 0 saturated carbocycles. The zero-order valence-electron chi connectivity index (χ0n) is 14.3. The van der Waals surface area contributed by atoms with Crippen LogP contribution in [0.1, 0.15) is 25.0 Å². The van der Waals surface area contributed by atoms with Crippen LogP contribution in [0.4, 0.5) is 5.69 Å². The summed E-state index contributed by atoms with van der Waals surface area (Å²) in [5.74, 6) is 0.852. The predicted octanol–water partition coefficient (Wildman–Crippen LogP) is 4.21. The number of aromatic amines is 1. The van der Waals surface area contributed by atoms with E-state index in [9.17, 15) is 4.21 Å². The number of hydrogen-bond donors (Lipinski definition) is 2. The smallest absolute Gasteiger partial charge is 0.118 e. The van der Waals surface area contributed by atoms with Crippen molar-refractivity contribution in [3.8, 4) is 5.75 Å². The normalized spacial score (nSPS) is 13.0. The Morgan fingerprint density at radius 1 is 1.12 bits per heavy atom. The second-order valence-electron chi connectivity index (χ2n) is 6.34. The van der Waals surface area contributed by atoms with Crippen LogP contribution < -0.4 is 9.46 Å². The molecule has 0 fully saturated rings. The Morgan fingerprint density at radius 2 is 1.83 bits per heavy atom. The van der Waals surface area contributed by atoms with Gasteiger partial charge in [0.25, 0.3) is 0 Å². The minimum absolute atomic E-state index is 0.172. The third-order valence-electron chi connectivity index (χ3n) is 4.45. The van der Waals surface area contributed by atoms with Crippen molar-refractivity contribution in [3.05, 3.63) is 59.8 Å². The molecule has 24 heavy (non-hydrogen) atoms. The van der Waals surface area contributed by atoms with Crippen molar-refractivity contribution in [2.45, 2.75) is 19.3 Å². The van der Waals surface area contributed by atoms with Gasteiger partial charge in [-0.05, 0) is 29.3 Å². The molecule has 3 rings (SSSR count). The number of aromatic nitrogens is 1. The Bertz CT molecular complexity index is 882. The van der Waals surface area contributed by atoms with Gasteiger partial charge in [0.2, 0.25) is 0 Å². The van der Waals surface area contributed by atoms with Crippen molar-refractivity contribution in [2.24, 2.45) is 0 Å². The van der Waals surface area contributed by atoms with Crippen molar-refractivity contribution < 1.29 is 8.95 Å². The Morgan fingerprint density at radius 3 is 2.46 bits per heavy atom. The van der Waals surface area contributed by atoms with E-state index in [4.69, 9.17) is 4.74 Å². The molecule has 1 heterocycles. The van der Waals surface area contributed by atoms with Gasteiger partial charge in [0.05, 0.1) is 18.3 Å². The number of benzene rings is 2. The van der Waals surface area contributed by atoms with Crippen LogP contribution in [-0.4, -0.2) is 22.6 Å². The second-order valence-corrected chi connectivity index (χ2v) is 7.45. The summed E-state index contributed by atoms with van der Waals surface area (Å²) in [5.41, 5.74) is 4.07. The minimum Gasteiger partial charge on any atom is -0.497 e. The molecular weight excluding hydrogens is 320 g/mol. The van der Waals surface area contributed by atoms with E-state index in [0.717, 1.165) is 22.3 Å². The van der Waals surface area contributed by atoms with E-state index in [2.05, 4.69) is 41.8 Å². The molecule has 2 aromatic carbocycles. The van der Waals surface area contributed by atoms with Crippen LogP contribution in [0.25, 0.3) is 10.9 Å². The molecule has 0 saturated heterocycles. The number of para-hydroxylation sites is 1. The number of nitrogens with one attached hydrogen (secondary N) is 2. The van der Waals surface area contributed by atoms with E-state index in [0.29, 0.717) is 0 Å². The minimum atomic E-state index is -1.11. The summed E-state index contributed by atoms with van der Waals surface area (Å²) < 4.78 is 19.8. The maximum absolute atomic E-state index is 11.5. The van der Waals surface area contributed by atoms with Crippen LogP contribution in [0.5, 0.6) is 5.75 Å². The molecule has 0 bridgehead atoms. The van der Waals surface area contributed by atoms with E-state index >= 15 is 0 Å². The van der Waals surface area contributed by atoms with Gasteiger partial charge in [0, 0.05) is 23.3 Å². The lowest BCUT2D eigenvalue weighted by Gasteiger charge is -2.25. The van der Waals surface area contributed by atoms with E-state index in [1.807, 2.05) is 30.5 Å². The molecular formula is C19H22N2O2S. The molecule has 0 aliphatic heterocycles. The zero-order chi connectivity index (χ0) is 17.3. The predicted molar refractivity (Wildman–Crippen MR) is 101 cm³/mol. The fourth-order valence-corrected chi connectivity index (χ4v) is 3.55. The lowest BCUT2D eigenvalue weighted by Crippen LogP contribution is -2.18. The zero-order valence-corrected chi connectivity index (χ0v) is 15.2. The summed E-state index contributed by atoms with van der Waals surface area (Å²) in [4.78, 5) is 3.34. The maximum atomic E-state index is 11.5. The third kappa shape index (κ3) is 2.91. The molecule has 5 heteroatoms. The highest BCUT2D eigenvalue weighted by molar-refractivity contribution is 7.85. The first-order valence-corrected chi connectivity index (χ1v) is 9.34. The summed E-state index contributed by atoms with van der Waals surface area (Å²) in [6, 6.07) is 14.2. The van der Waals surface area contributed by atoms with Crippen molar-refractivity contribution in [1.29, 1.82) is 0 Å². The van der Waals surface area contributed by atoms with Crippen molar-refractivity contribution in [1.82, 2.24) is 4.98 Å².